The van der Waals surface area contributed by atoms with Gasteiger partial charge >= 0.3 is 5.97 Å². The number of rotatable bonds is 6. The second kappa shape index (κ2) is 8.56. The molecule has 2 aromatic rings. The summed E-state index contributed by atoms with van der Waals surface area (Å²) in [5.41, 5.74) is 6.20. The number of amides is 2. The number of anilines is 1. The molecule has 0 radical (unpaired) electrons. The van der Waals surface area contributed by atoms with Gasteiger partial charge in [0.1, 0.15) is 11.9 Å². The molecule has 0 bridgehead atoms. The van der Waals surface area contributed by atoms with Crippen LogP contribution in [0.5, 0.6) is 0 Å². The van der Waals surface area contributed by atoms with Crippen molar-refractivity contribution in [2.75, 3.05) is 5.32 Å². The zero-order valence-electron chi connectivity index (χ0n) is 16.7. The van der Waals surface area contributed by atoms with E-state index in [-0.39, 0.29) is 16.3 Å². The third-order valence-electron chi connectivity index (χ3n) is 4.43. The Bertz CT molecular complexity index is 1170. The van der Waals surface area contributed by atoms with Gasteiger partial charge in [0.2, 0.25) is 5.91 Å². The summed E-state index contributed by atoms with van der Waals surface area (Å²) in [5, 5.41) is 2.55. The maximum absolute atomic E-state index is 12.4. The first kappa shape index (κ1) is 22.0. The molecule has 3 rings (SSSR count). The molecule has 1 aliphatic heterocycles. The van der Waals surface area contributed by atoms with Crippen LogP contribution in [-0.2, 0) is 24.3 Å². The van der Waals surface area contributed by atoms with Gasteiger partial charge in [0, 0.05) is 16.8 Å². The number of hydrogen-bond donors (Lipinski definition) is 3. The van der Waals surface area contributed by atoms with Gasteiger partial charge in [0.25, 0.3) is 15.9 Å². The normalized spacial score (nSPS) is 17.2. The van der Waals surface area contributed by atoms with Crippen molar-refractivity contribution in [1.29, 1.82) is 0 Å². The lowest BCUT2D eigenvalue weighted by Crippen LogP contribution is -2.33. The van der Waals surface area contributed by atoms with E-state index in [4.69, 9.17) is 10.5 Å². The highest BCUT2D eigenvalue weighted by Crippen LogP contribution is 2.22. The number of benzene rings is 2. The standard InChI is InChI=1S/C20H20N4O6S/c1-11(22-18-15-5-3-4-6-16(15)31(28,29)24-18)20(27)30-12(2)19(26)23-14-9-7-13(8-10-14)17(21)25/h3-12H,1-2H3,(H2,21,25)(H,22,24)(H,23,26)/t11-,12?/m0/s1. The number of nitrogens with two attached hydrogens (primary N) is 1. The highest BCUT2D eigenvalue weighted by atomic mass is 32.2. The zero-order valence-corrected chi connectivity index (χ0v) is 17.5. The predicted molar refractivity (Wildman–Crippen MR) is 112 cm³/mol. The topological polar surface area (TPSA) is 157 Å². The molecule has 31 heavy (non-hydrogen) atoms. The molecule has 0 saturated carbocycles. The van der Waals surface area contributed by atoms with Gasteiger partial charge in [-0.25, -0.2) is 13.2 Å². The number of aliphatic imine (C=N–C) groups is 1. The van der Waals surface area contributed by atoms with Crippen LogP contribution in [0.3, 0.4) is 0 Å². The Morgan fingerprint density at radius 3 is 2.35 bits per heavy atom. The van der Waals surface area contributed by atoms with Gasteiger partial charge in [-0.15, -0.1) is 0 Å². The Labute approximate surface area is 178 Å². The lowest BCUT2D eigenvalue weighted by Gasteiger charge is -2.15. The first-order valence-corrected chi connectivity index (χ1v) is 10.7. The first-order valence-electron chi connectivity index (χ1n) is 9.20. The number of carbonyl (C=O) groups excluding carboxylic acids is 3. The summed E-state index contributed by atoms with van der Waals surface area (Å²) in [6.07, 6.45) is -1.14. The Hall–Kier alpha value is -3.73. The molecule has 0 spiro atoms. The van der Waals surface area contributed by atoms with Crippen molar-refractivity contribution in [3.8, 4) is 0 Å². The second-order valence-corrected chi connectivity index (χ2v) is 8.42. The molecule has 1 heterocycles. The maximum atomic E-state index is 12.4. The Morgan fingerprint density at radius 1 is 1.06 bits per heavy atom. The van der Waals surface area contributed by atoms with Gasteiger partial charge < -0.3 is 15.8 Å². The van der Waals surface area contributed by atoms with Crippen LogP contribution in [0.4, 0.5) is 5.69 Å². The number of carbonyl (C=O) groups is 3. The van der Waals surface area contributed by atoms with E-state index in [0.29, 0.717) is 11.3 Å². The molecule has 4 N–H and O–H groups in total. The molecular formula is C20H20N4O6S. The van der Waals surface area contributed by atoms with Crippen molar-refractivity contribution >= 4 is 39.3 Å². The molecule has 0 aliphatic carbocycles. The molecule has 0 aromatic heterocycles. The monoisotopic (exact) mass is 444 g/mol. The van der Waals surface area contributed by atoms with Crippen LogP contribution >= 0.6 is 0 Å². The first-order chi connectivity index (χ1) is 14.6. The second-order valence-electron chi connectivity index (χ2n) is 6.77. The summed E-state index contributed by atoms with van der Waals surface area (Å²) in [4.78, 5) is 39.9. The highest BCUT2D eigenvalue weighted by Gasteiger charge is 2.31. The van der Waals surface area contributed by atoms with Crippen molar-refractivity contribution in [2.24, 2.45) is 10.7 Å². The lowest BCUT2D eigenvalue weighted by atomic mass is 10.2. The van der Waals surface area contributed by atoms with E-state index in [1.165, 1.54) is 44.2 Å². The molecule has 2 atom stereocenters. The lowest BCUT2D eigenvalue weighted by molar-refractivity contribution is -0.153. The minimum atomic E-state index is -3.73. The molecule has 1 unspecified atom stereocenters. The number of ether oxygens (including phenoxy) is 1. The molecular weight excluding hydrogens is 424 g/mol. The zero-order chi connectivity index (χ0) is 22.8. The summed E-state index contributed by atoms with van der Waals surface area (Å²) < 4.78 is 31.7. The Balaban J connectivity index is 1.63. The van der Waals surface area contributed by atoms with Gasteiger partial charge in [-0.3, -0.25) is 19.3 Å². The molecule has 10 nitrogen and oxygen atoms in total. The van der Waals surface area contributed by atoms with E-state index >= 15 is 0 Å². The number of sulfonamides is 1. The molecule has 162 valence electrons. The minimum absolute atomic E-state index is 0.0340. The van der Waals surface area contributed by atoms with E-state index in [2.05, 4.69) is 15.0 Å². The summed E-state index contributed by atoms with van der Waals surface area (Å²) in [6.45, 7) is 2.82. The molecule has 2 amide bonds. The smallest absolute Gasteiger partial charge is 0.331 e. The van der Waals surface area contributed by atoms with Crippen molar-refractivity contribution in [3.63, 3.8) is 0 Å². The average molecular weight is 444 g/mol. The molecule has 0 saturated heterocycles. The third kappa shape index (κ3) is 4.89. The van der Waals surface area contributed by atoms with Crippen LogP contribution in [0.1, 0.15) is 29.8 Å². The number of fused-ring (bicyclic) bond motifs is 1. The summed E-state index contributed by atoms with van der Waals surface area (Å²) in [5.74, 6) is -1.95. The number of hydrogen-bond acceptors (Lipinski definition) is 7. The number of nitrogens with zero attached hydrogens (tertiary/aromatic N) is 1. The van der Waals surface area contributed by atoms with E-state index in [1.807, 2.05) is 0 Å². The fraction of sp³-hybridized carbons (Fsp3) is 0.200. The maximum Gasteiger partial charge on any atom is 0.331 e. The van der Waals surface area contributed by atoms with Crippen LogP contribution in [-0.4, -0.2) is 44.2 Å². The van der Waals surface area contributed by atoms with Crippen molar-refractivity contribution in [3.05, 3.63) is 59.7 Å². The summed E-state index contributed by atoms with van der Waals surface area (Å²) >= 11 is 0. The number of esters is 1. The molecule has 0 fully saturated rings. The van der Waals surface area contributed by atoms with Crippen molar-refractivity contribution < 1.29 is 27.5 Å². The molecule has 11 heteroatoms. The van der Waals surface area contributed by atoms with E-state index < -0.39 is 40.0 Å². The Kier molecular flexibility index (Phi) is 6.07. The van der Waals surface area contributed by atoms with E-state index in [0.717, 1.165) is 0 Å². The quantitative estimate of drug-likeness (QED) is 0.559. The fourth-order valence-electron chi connectivity index (χ4n) is 2.76. The number of nitrogens with one attached hydrogen (secondary N) is 2. The van der Waals surface area contributed by atoms with Gasteiger partial charge in [-0.2, -0.15) is 0 Å². The van der Waals surface area contributed by atoms with Crippen LogP contribution in [0, 0.1) is 0 Å². The van der Waals surface area contributed by atoms with Gasteiger partial charge in [0.05, 0.1) is 4.90 Å². The predicted octanol–water partition coefficient (Wildman–Crippen LogP) is 0.783. The van der Waals surface area contributed by atoms with E-state index in [1.54, 1.807) is 18.2 Å². The SMILES string of the molecule is CC(OC(=O)[C@H](C)N=C1NS(=O)(=O)c2ccccc21)C(=O)Nc1ccc(C(N)=O)cc1. The minimum Gasteiger partial charge on any atom is -0.451 e. The van der Waals surface area contributed by atoms with Crippen LogP contribution < -0.4 is 15.8 Å². The van der Waals surface area contributed by atoms with E-state index in [9.17, 15) is 22.8 Å². The third-order valence-corrected chi connectivity index (χ3v) is 5.82. The van der Waals surface area contributed by atoms with Crippen LogP contribution in [0.15, 0.2) is 58.4 Å². The van der Waals surface area contributed by atoms with Crippen LogP contribution in [0.25, 0.3) is 0 Å². The van der Waals surface area contributed by atoms with Crippen LogP contribution in [0.2, 0.25) is 0 Å². The summed E-state index contributed by atoms with van der Waals surface area (Å²) in [7, 11) is -3.73. The number of primary amides is 1. The van der Waals surface area contributed by atoms with Gasteiger partial charge in [-0.05, 0) is 50.2 Å². The van der Waals surface area contributed by atoms with Crippen molar-refractivity contribution in [1.82, 2.24) is 4.72 Å². The average Bonchev–Trinajstić information content (AvgIpc) is 2.98. The van der Waals surface area contributed by atoms with Gasteiger partial charge in [0.15, 0.2) is 6.10 Å². The highest BCUT2D eigenvalue weighted by molar-refractivity contribution is 7.90. The molecule has 1 aliphatic rings. The molecule has 2 aromatic carbocycles. The summed E-state index contributed by atoms with van der Waals surface area (Å²) in [6, 6.07) is 11.1. The van der Waals surface area contributed by atoms with Gasteiger partial charge in [-0.1, -0.05) is 12.1 Å². The van der Waals surface area contributed by atoms with Crippen molar-refractivity contribution in [2.45, 2.75) is 30.9 Å². The fourth-order valence-corrected chi connectivity index (χ4v) is 4.00. The Morgan fingerprint density at radius 2 is 1.71 bits per heavy atom. The number of amidine groups is 1. The largest absolute Gasteiger partial charge is 0.451 e.